The van der Waals surface area contributed by atoms with Crippen LogP contribution in [0.2, 0.25) is 0 Å². The van der Waals surface area contributed by atoms with E-state index >= 15 is 0 Å². The van der Waals surface area contributed by atoms with Crippen LogP contribution in [-0.4, -0.2) is 49.7 Å². The van der Waals surface area contributed by atoms with E-state index in [9.17, 15) is 4.79 Å². The molecule has 0 aromatic rings. The topological polar surface area (TPSA) is 41.6 Å². The number of ether oxygens (including phenoxy) is 1. The minimum Gasteiger partial charge on any atom is -0.378 e. The molecule has 0 bridgehead atoms. The second-order valence-corrected chi connectivity index (χ2v) is 6.21. The lowest BCUT2D eigenvalue weighted by molar-refractivity contribution is -0.137. The van der Waals surface area contributed by atoms with Gasteiger partial charge in [0, 0.05) is 13.1 Å². The smallest absolute Gasteiger partial charge is 0.239 e. The first-order valence-electron chi connectivity index (χ1n) is 7.76. The highest BCUT2D eigenvalue weighted by Gasteiger charge is 2.24. The summed E-state index contributed by atoms with van der Waals surface area (Å²) in [6, 6.07) is -0.0599. The molecule has 1 saturated heterocycles. The minimum atomic E-state index is -0.0599. The largest absolute Gasteiger partial charge is 0.378 e. The Kier molecular flexibility index (Phi) is 5.64. The van der Waals surface area contributed by atoms with Crippen LogP contribution in [0, 0.1) is 11.8 Å². The van der Waals surface area contributed by atoms with E-state index in [1.54, 1.807) is 0 Å². The number of hydrogen-bond donors (Lipinski definition) is 1. The quantitative estimate of drug-likeness (QED) is 0.843. The van der Waals surface area contributed by atoms with Gasteiger partial charge in [-0.3, -0.25) is 4.79 Å². The fourth-order valence-electron chi connectivity index (χ4n) is 3.23. The number of hydrogen-bond acceptors (Lipinski definition) is 3. The summed E-state index contributed by atoms with van der Waals surface area (Å²) in [4.78, 5) is 14.2. The Bertz CT molecular complexity index is 290. The number of amides is 1. The standard InChI is InChI=1S/C15H28N2O2/c1-12-4-3-5-14(10-12)11-16-13(2)15(18)17-6-8-19-9-7-17/h12-14,16H,3-11H2,1-2H3. The maximum absolute atomic E-state index is 12.2. The van der Waals surface area contributed by atoms with E-state index in [1.165, 1.54) is 25.7 Å². The van der Waals surface area contributed by atoms with Gasteiger partial charge in [-0.05, 0) is 38.1 Å². The molecule has 3 unspecified atom stereocenters. The molecule has 110 valence electrons. The van der Waals surface area contributed by atoms with Gasteiger partial charge in [0.1, 0.15) is 0 Å². The second-order valence-electron chi connectivity index (χ2n) is 6.21. The molecule has 19 heavy (non-hydrogen) atoms. The summed E-state index contributed by atoms with van der Waals surface area (Å²) in [6.07, 6.45) is 5.35. The van der Waals surface area contributed by atoms with E-state index in [2.05, 4.69) is 12.2 Å². The van der Waals surface area contributed by atoms with Crippen molar-refractivity contribution < 1.29 is 9.53 Å². The predicted molar refractivity (Wildman–Crippen MR) is 76.0 cm³/mol. The molecule has 0 spiro atoms. The van der Waals surface area contributed by atoms with Crippen LogP contribution in [0.3, 0.4) is 0 Å². The van der Waals surface area contributed by atoms with Crippen molar-refractivity contribution in [2.45, 2.75) is 45.6 Å². The number of rotatable bonds is 4. The number of carbonyl (C=O) groups excluding carboxylic acids is 1. The maximum atomic E-state index is 12.2. The molecule has 1 aliphatic carbocycles. The number of nitrogens with zero attached hydrogens (tertiary/aromatic N) is 1. The van der Waals surface area contributed by atoms with Crippen molar-refractivity contribution >= 4 is 5.91 Å². The Morgan fingerprint density at radius 3 is 2.79 bits per heavy atom. The zero-order chi connectivity index (χ0) is 13.7. The molecule has 0 radical (unpaired) electrons. The van der Waals surface area contributed by atoms with Gasteiger partial charge in [-0.15, -0.1) is 0 Å². The number of morpholine rings is 1. The first-order valence-corrected chi connectivity index (χ1v) is 7.76. The van der Waals surface area contributed by atoms with Gasteiger partial charge in [0.15, 0.2) is 0 Å². The van der Waals surface area contributed by atoms with E-state index in [0.717, 1.165) is 31.5 Å². The average molecular weight is 268 g/mol. The molecule has 4 heteroatoms. The molecule has 1 aliphatic heterocycles. The summed E-state index contributed by atoms with van der Waals surface area (Å²) in [6.45, 7) is 8.16. The van der Waals surface area contributed by atoms with Gasteiger partial charge in [0.05, 0.1) is 19.3 Å². The van der Waals surface area contributed by atoms with Crippen LogP contribution in [0.5, 0.6) is 0 Å². The monoisotopic (exact) mass is 268 g/mol. The Morgan fingerprint density at radius 2 is 2.11 bits per heavy atom. The molecular formula is C15H28N2O2. The van der Waals surface area contributed by atoms with Crippen molar-refractivity contribution in [3.8, 4) is 0 Å². The predicted octanol–water partition coefficient (Wildman–Crippen LogP) is 1.65. The molecule has 3 atom stereocenters. The zero-order valence-electron chi connectivity index (χ0n) is 12.4. The van der Waals surface area contributed by atoms with Crippen molar-refractivity contribution in [1.29, 1.82) is 0 Å². The van der Waals surface area contributed by atoms with Crippen LogP contribution in [0.25, 0.3) is 0 Å². The lowest BCUT2D eigenvalue weighted by Crippen LogP contribution is -2.50. The van der Waals surface area contributed by atoms with Crippen LogP contribution in [-0.2, 0) is 9.53 Å². The van der Waals surface area contributed by atoms with Crippen molar-refractivity contribution in [3.05, 3.63) is 0 Å². The molecule has 0 aromatic heterocycles. The maximum Gasteiger partial charge on any atom is 0.239 e. The van der Waals surface area contributed by atoms with Crippen LogP contribution in [0.4, 0.5) is 0 Å². The highest BCUT2D eigenvalue weighted by molar-refractivity contribution is 5.81. The van der Waals surface area contributed by atoms with Crippen molar-refractivity contribution in [2.24, 2.45) is 11.8 Å². The van der Waals surface area contributed by atoms with E-state index in [0.29, 0.717) is 13.2 Å². The molecule has 2 fully saturated rings. The molecule has 1 heterocycles. The molecule has 0 aromatic carbocycles. The summed E-state index contributed by atoms with van der Waals surface area (Å²) in [5.74, 6) is 1.83. The van der Waals surface area contributed by atoms with Crippen LogP contribution >= 0.6 is 0 Å². The molecule has 1 amide bonds. The van der Waals surface area contributed by atoms with Gasteiger partial charge >= 0.3 is 0 Å². The Labute approximate surface area is 116 Å². The van der Waals surface area contributed by atoms with E-state index in [4.69, 9.17) is 4.74 Å². The fraction of sp³-hybridized carbons (Fsp3) is 0.933. The van der Waals surface area contributed by atoms with Gasteiger partial charge in [0.25, 0.3) is 0 Å². The van der Waals surface area contributed by atoms with Gasteiger partial charge in [-0.25, -0.2) is 0 Å². The van der Waals surface area contributed by atoms with E-state index in [-0.39, 0.29) is 11.9 Å². The third kappa shape index (κ3) is 4.46. The van der Waals surface area contributed by atoms with Crippen LogP contribution in [0.1, 0.15) is 39.5 Å². The number of carbonyl (C=O) groups is 1. The van der Waals surface area contributed by atoms with Crippen molar-refractivity contribution in [1.82, 2.24) is 10.2 Å². The van der Waals surface area contributed by atoms with E-state index in [1.807, 2.05) is 11.8 Å². The molecule has 1 N–H and O–H groups in total. The van der Waals surface area contributed by atoms with Crippen LogP contribution in [0.15, 0.2) is 0 Å². The summed E-state index contributed by atoms with van der Waals surface area (Å²) in [5.41, 5.74) is 0. The highest BCUT2D eigenvalue weighted by Crippen LogP contribution is 2.27. The Balaban J connectivity index is 1.70. The number of nitrogens with one attached hydrogen (secondary N) is 1. The third-order valence-electron chi connectivity index (χ3n) is 4.45. The zero-order valence-corrected chi connectivity index (χ0v) is 12.4. The van der Waals surface area contributed by atoms with Gasteiger partial charge in [0.2, 0.25) is 5.91 Å². The van der Waals surface area contributed by atoms with Gasteiger partial charge < -0.3 is 15.0 Å². The third-order valence-corrected chi connectivity index (χ3v) is 4.45. The average Bonchev–Trinajstić information content (AvgIpc) is 2.45. The van der Waals surface area contributed by atoms with Crippen molar-refractivity contribution in [3.63, 3.8) is 0 Å². The van der Waals surface area contributed by atoms with Crippen molar-refractivity contribution in [2.75, 3.05) is 32.8 Å². The summed E-state index contributed by atoms with van der Waals surface area (Å²) in [7, 11) is 0. The van der Waals surface area contributed by atoms with Gasteiger partial charge in [-0.2, -0.15) is 0 Å². The van der Waals surface area contributed by atoms with Crippen LogP contribution < -0.4 is 5.32 Å². The fourth-order valence-corrected chi connectivity index (χ4v) is 3.23. The molecule has 1 saturated carbocycles. The molecule has 2 aliphatic rings. The minimum absolute atomic E-state index is 0.0599. The molecule has 4 nitrogen and oxygen atoms in total. The van der Waals surface area contributed by atoms with Gasteiger partial charge in [-0.1, -0.05) is 19.8 Å². The lowest BCUT2D eigenvalue weighted by atomic mass is 9.82. The Morgan fingerprint density at radius 1 is 1.37 bits per heavy atom. The summed E-state index contributed by atoms with van der Waals surface area (Å²) >= 11 is 0. The normalized spacial score (nSPS) is 30.1. The first-order chi connectivity index (χ1) is 9.16. The molecule has 2 rings (SSSR count). The van der Waals surface area contributed by atoms with E-state index < -0.39 is 0 Å². The first kappa shape index (κ1) is 14.8. The summed E-state index contributed by atoms with van der Waals surface area (Å²) in [5, 5.41) is 3.44. The lowest BCUT2D eigenvalue weighted by Gasteiger charge is -2.31. The molecular weight excluding hydrogens is 240 g/mol. The summed E-state index contributed by atoms with van der Waals surface area (Å²) < 4.78 is 5.28. The second kappa shape index (κ2) is 7.25. The SMILES string of the molecule is CC1CCCC(CNC(C)C(=O)N2CCOCC2)C1. The highest BCUT2D eigenvalue weighted by atomic mass is 16.5. The Hall–Kier alpha value is -0.610.